The summed E-state index contributed by atoms with van der Waals surface area (Å²) in [5.41, 5.74) is 1.80. The van der Waals surface area contributed by atoms with Crippen LogP contribution in [0, 0.1) is 0 Å². The fourth-order valence-corrected chi connectivity index (χ4v) is 3.03. The van der Waals surface area contributed by atoms with Gasteiger partial charge in [0.25, 0.3) is 5.91 Å². The zero-order valence-electron chi connectivity index (χ0n) is 16.8. The number of guanidine groups is 1. The first-order valence-corrected chi connectivity index (χ1v) is 9.59. The molecule has 7 heteroatoms. The molecular formula is C20H33IN4O2. The molecule has 1 amide bonds. The molecule has 0 aliphatic carbocycles. The van der Waals surface area contributed by atoms with Crippen molar-refractivity contribution in [2.45, 2.75) is 52.9 Å². The average molecular weight is 488 g/mol. The minimum Gasteiger partial charge on any atom is -0.372 e. The molecule has 6 nitrogen and oxygen atoms in total. The van der Waals surface area contributed by atoms with Crippen LogP contribution in [-0.4, -0.2) is 55.2 Å². The van der Waals surface area contributed by atoms with Crippen LogP contribution in [0.4, 0.5) is 0 Å². The van der Waals surface area contributed by atoms with Crippen LogP contribution in [0.3, 0.4) is 0 Å². The quantitative estimate of drug-likeness (QED) is 0.367. The van der Waals surface area contributed by atoms with Gasteiger partial charge in [-0.15, -0.1) is 24.0 Å². The summed E-state index contributed by atoms with van der Waals surface area (Å²) in [6.45, 7) is 11.8. The zero-order valence-corrected chi connectivity index (χ0v) is 19.2. The maximum atomic E-state index is 12.7. The second kappa shape index (κ2) is 12.2. The Kier molecular flexibility index (Phi) is 10.7. The molecular weight excluding hydrogens is 455 g/mol. The van der Waals surface area contributed by atoms with Crippen molar-refractivity contribution in [3.05, 3.63) is 35.4 Å². The molecule has 0 bridgehead atoms. The van der Waals surface area contributed by atoms with E-state index >= 15 is 0 Å². The fourth-order valence-electron chi connectivity index (χ4n) is 3.03. The first kappa shape index (κ1) is 23.7. The summed E-state index contributed by atoms with van der Waals surface area (Å²) in [6, 6.07) is 7.75. The third kappa shape index (κ3) is 7.65. The zero-order chi connectivity index (χ0) is 18.9. The number of amides is 1. The molecule has 0 spiro atoms. The minimum absolute atomic E-state index is 0. The van der Waals surface area contributed by atoms with Gasteiger partial charge in [-0.3, -0.25) is 4.79 Å². The third-order valence-electron chi connectivity index (χ3n) is 4.21. The molecule has 1 aliphatic heterocycles. The maximum Gasteiger partial charge on any atom is 0.254 e. The van der Waals surface area contributed by atoms with Crippen LogP contribution in [0.2, 0.25) is 0 Å². The van der Waals surface area contributed by atoms with Crippen molar-refractivity contribution < 1.29 is 9.53 Å². The summed E-state index contributed by atoms with van der Waals surface area (Å²) in [5, 5.41) is 6.52. The molecule has 2 atom stereocenters. The average Bonchev–Trinajstić information content (AvgIpc) is 2.63. The largest absolute Gasteiger partial charge is 0.372 e. The van der Waals surface area contributed by atoms with E-state index < -0.39 is 0 Å². The number of morpholine rings is 1. The Labute approximate surface area is 180 Å². The van der Waals surface area contributed by atoms with E-state index in [4.69, 9.17) is 4.74 Å². The molecule has 2 unspecified atom stereocenters. The molecule has 1 aromatic rings. The molecule has 1 aromatic carbocycles. The highest BCUT2D eigenvalue weighted by molar-refractivity contribution is 14.0. The predicted octanol–water partition coefficient (Wildman–Crippen LogP) is 3.02. The highest BCUT2D eigenvalue weighted by Gasteiger charge is 2.26. The van der Waals surface area contributed by atoms with Crippen molar-refractivity contribution in [2.75, 3.05) is 26.2 Å². The number of ether oxygens (including phenoxy) is 1. The van der Waals surface area contributed by atoms with Gasteiger partial charge in [-0.1, -0.05) is 19.1 Å². The predicted molar refractivity (Wildman–Crippen MR) is 121 cm³/mol. The van der Waals surface area contributed by atoms with E-state index in [0.717, 1.165) is 36.6 Å². The monoisotopic (exact) mass is 488 g/mol. The molecule has 2 rings (SSSR count). The molecule has 1 fully saturated rings. The van der Waals surface area contributed by atoms with E-state index in [0.29, 0.717) is 19.6 Å². The Hall–Kier alpha value is -1.35. The SMILES string of the molecule is CCCNC(=NCc1ccc(C(=O)N2CC(C)OC(C)C2)cc1)NCC.I. The van der Waals surface area contributed by atoms with Crippen molar-refractivity contribution in [1.82, 2.24) is 15.5 Å². The van der Waals surface area contributed by atoms with Crippen molar-refractivity contribution in [2.24, 2.45) is 4.99 Å². The lowest BCUT2D eigenvalue weighted by atomic mass is 10.1. The van der Waals surface area contributed by atoms with E-state index in [-0.39, 0.29) is 42.1 Å². The number of benzene rings is 1. The van der Waals surface area contributed by atoms with E-state index in [1.54, 1.807) is 0 Å². The summed E-state index contributed by atoms with van der Waals surface area (Å²) in [5.74, 6) is 0.894. The van der Waals surface area contributed by atoms with Crippen molar-refractivity contribution in [1.29, 1.82) is 0 Å². The number of aliphatic imine (C=N–C) groups is 1. The van der Waals surface area contributed by atoms with E-state index in [1.165, 1.54) is 0 Å². The molecule has 1 aliphatic rings. The Morgan fingerprint density at radius 2 is 1.78 bits per heavy atom. The fraction of sp³-hybridized carbons (Fsp3) is 0.600. The lowest BCUT2D eigenvalue weighted by molar-refractivity contribution is -0.0586. The summed E-state index contributed by atoms with van der Waals surface area (Å²) >= 11 is 0. The molecule has 0 radical (unpaired) electrons. The van der Waals surface area contributed by atoms with Gasteiger partial charge in [0.1, 0.15) is 0 Å². The number of hydrogen-bond acceptors (Lipinski definition) is 3. The summed E-state index contributed by atoms with van der Waals surface area (Å²) in [7, 11) is 0. The molecule has 1 saturated heterocycles. The van der Waals surface area contributed by atoms with Crippen LogP contribution in [-0.2, 0) is 11.3 Å². The molecule has 27 heavy (non-hydrogen) atoms. The van der Waals surface area contributed by atoms with E-state index in [1.807, 2.05) is 43.0 Å². The van der Waals surface area contributed by atoms with Crippen molar-refractivity contribution >= 4 is 35.8 Å². The number of carbonyl (C=O) groups excluding carboxylic acids is 1. The Morgan fingerprint density at radius 3 is 2.33 bits per heavy atom. The van der Waals surface area contributed by atoms with Gasteiger partial charge in [-0.25, -0.2) is 4.99 Å². The lowest BCUT2D eigenvalue weighted by Gasteiger charge is -2.35. The summed E-state index contributed by atoms with van der Waals surface area (Å²) in [4.78, 5) is 19.2. The molecule has 1 heterocycles. The Morgan fingerprint density at radius 1 is 1.15 bits per heavy atom. The first-order valence-electron chi connectivity index (χ1n) is 9.59. The van der Waals surface area contributed by atoms with Crippen molar-refractivity contribution in [3.63, 3.8) is 0 Å². The highest BCUT2D eigenvalue weighted by Crippen LogP contribution is 2.15. The Balaban J connectivity index is 0.00000364. The van der Waals surface area contributed by atoms with Gasteiger partial charge in [0.2, 0.25) is 0 Å². The van der Waals surface area contributed by atoms with Gasteiger partial charge < -0.3 is 20.3 Å². The molecule has 0 aromatic heterocycles. The van der Waals surface area contributed by atoms with Crippen LogP contribution in [0.15, 0.2) is 29.3 Å². The molecule has 0 saturated carbocycles. The van der Waals surface area contributed by atoms with Crippen molar-refractivity contribution in [3.8, 4) is 0 Å². The van der Waals surface area contributed by atoms with Crippen LogP contribution in [0.25, 0.3) is 0 Å². The van der Waals surface area contributed by atoms with Crippen LogP contribution in [0.1, 0.15) is 50.0 Å². The minimum atomic E-state index is 0. The second-order valence-electron chi connectivity index (χ2n) is 6.79. The molecule has 152 valence electrons. The standard InChI is InChI=1S/C20H32N4O2.HI/c1-5-11-22-20(21-6-2)23-12-17-7-9-18(10-8-17)19(25)24-13-15(3)26-16(4)14-24;/h7-10,15-16H,5-6,11-14H2,1-4H3,(H2,21,22,23);1H. The van der Waals surface area contributed by atoms with Gasteiger partial charge >= 0.3 is 0 Å². The van der Waals surface area contributed by atoms with Gasteiger partial charge in [-0.2, -0.15) is 0 Å². The van der Waals surface area contributed by atoms with Gasteiger partial charge in [-0.05, 0) is 44.9 Å². The number of halogens is 1. The normalized spacial score (nSPS) is 20.0. The summed E-state index contributed by atoms with van der Waals surface area (Å²) < 4.78 is 5.70. The van der Waals surface area contributed by atoms with Gasteiger partial charge in [0.15, 0.2) is 5.96 Å². The molecule has 2 N–H and O–H groups in total. The first-order chi connectivity index (χ1) is 12.5. The number of nitrogens with zero attached hydrogens (tertiary/aromatic N) is 2. The smallest absolute Gasteiger partial charge is 0.254 e. The maximum absolute atomic E-state index is 12.7. The van der Waals surface area contributed by atoms with Gasteiger partial charge in [0.05, 0.1) is 18.8 Å². The summed E-state index contributed by atoms with van der Waals surface area (Å²) in [6.07, 6.45) is 1.22. The Bertz CT molecular complexity index is 597. The van der Waals surface area contributed by atoms with Crippen LogP contribution in [0.5, 0.6) is 0 Å². The van der Waals surface area contributed by atoms with Crippen LogP contribution < -0.4 is 10.6 Å². The van der Waals surface area contributed by atoms with E-state index in [2.05, 4.69) is 29.5 Å². The second-order valence-corrected chi connectivity index (χ2v) is 6.79. The lowest BCUT2D eigenvalue weighted by Crippen LogP contribution is -2.48. The topological polar surface area (TPSA) is 66.0 Å². The van der Waals surface area contributed by atoms with Gasteiger partial charge in [0, 0.05) is 31.7 Å². The van der Waals surface area contributed by atoms with Crippen LogP contribution >= 0.6 is 24.0 Å². The third-order valence-corrected chi connectivity index (χ3v) is 4.21. The number of carbonyl (C=O) groups is 1. The van der Waals surface area contributed by atoms with E-state index in [9.17, 15) is 4.79 Å². The number of nitrogens with one attached hydrogen (secondary N) is 2. The highest BCUT2D eigenvalue weighted by atomic mass is 127. The number of rotatable bonds is 6. The number of hydrogen-bond donors (Lipinski definition) is 2.